The molecule has 18 heavy (non-hydrogen) atoms. The summed E-state index contributed by atoms with van der Waals surface area (Å²) in [6.45, 7) is 3.72. The van der Waals surface area contributed by atoms with E-state index < -0.39 is 5.97 Å². The Hall–Kier alpha value is -2.17. The number of carbonyl (C=O) groups excluding carboxylic acids is 1. The molecule has 5 heteroatoms. The minimum atomic E-state index is -0.539. The van der Waals surface area contributed by atoms with E-state index in [1.54, 1.807) is 32.0 Å². The third-order valence-corrected chi connectivity index (χ3v) is 2.48. The Morgan fingerprint density at radius 3 is 2.83 bits per heavy atom. The van der Waals surface area contributed by atoms with Crippen molar-refractivity contribution in [3.05, 3.63) is 41.6 Å². The maximum Gasteiger partial charge on any atom is 0.374 e. The van der Waals surface area contributed by atoms with Crippen molar-refractivity contribution in [3.63, 3.8) is 0 Å². The predicted molar refractivity (Wildman–Crippen MR) is 64.7 cm³/mol. The quantitative estimate of drug-likeness (QED) is 0.850. The zero-order chi connectivity index (χ0) is 13.1. The van der Waals surface area contributed by atoms with E-state index in [9.17, 15) is 9.18 Å². The maximum absolute atomic E-state index is 13.6. The number of aryl methyl sites for hydroxylation is 1. The normalized spacial score (nSPS) is 10.4. The number of imidazole rings is 1. The Bertz CT molecular complexity index is 578. The highest BCUT2D eigenvalue weighted by Crippen LogP contribution is 2.23. The van der Waals surface area contributed by atoms with Gasteiger partial charge in [0.05, 0.1) is 12.3 Å². The van der Waals surface area contributed by atoms with Gasteiger partial charge < -0.3 is 9.72 Å². The molecule has 1 heterocycles. The van der Waals surface area contributed by atoms with Crippen LogP contribution in [0.5, 0.6) is 0 Å². The number of esters is 1. The van der Waals surface area contributed by atoms with Crippen LogP contribution in [0.3, 0.4) is 0 Å². The number of nitrogens with one attached hydrogen (secondary N) is 1. The van der Waals surface area contributed by atoms with Gasteiger partial charge in [-0.2, -0.15) is 0 Å². The fraction of sp³-hybridized carbons (Fsp3) is 0.231. The molecule has 0 bridgehead atoms. The average Bonchev–Trinajstić information content (AvgIpc) is 2.72. The second kappa shape index (κ2) is 5.00. The van der Waals surface area contributed by atoms with Crippen LogP contribution in [-0.4, -0.2) is 22.5 Å². The molecule has 2 aromatic rings. The summed E-state index contributed by atoms with van der Waals surface area (Å²) in [6.07, 6.45) is 0. The Balaban J connectivity index is 2.42. The first kappa shape index (κ1) is 12.3. The van der Waals surface area contributed by atoms with E-state index in [2.05, 4.69) is 9.97 Å². The molecule has 0 spiro atoms. The Labute approximate surface area is 104 Å². The second-order valence-electron chi connectivity index (χ2n) is 3.76. The third kappa shape index (κ3) is 2.25. The summed E-state index contributed by atoms with van der Waals surface area (Å²) in [5.41, 5.74) is 1.42. The van der Waals surface area contributed by atoms with Crippen LogP contribution in [0.4, 0.5) is 4.39 Å². The number of hydrogen-bond donors (Lipinski definition) is 1. The van der Waals surface area contributed by atoms with Crippen molar-refractivity contribution >= 4 is 5.97 Å². The summed E-state index contributed by atoms with van der Waals surface area (Å²) >= 11 is 0. The van der Waals surface area contributed by atoms with Gasteiger partial charge in [-0.3, -0.25) is 0 Å². The number of halogens is 1. The van der Waals surface area contributed by atoms with Crippen LogP contribution in [0.25, 0.3) is 11.3 Å². The molecule has 0 aliphatic heterocycles. The van der Waals surface area contributed by atoms with Crippen LogP contribution in [0, 0.1) is 12.7 Å². The van der Waals surface area contributed by atoms with Crippen molar-refractivity contribution in [2.24, 2.45) is 0 Å². The van der Waals surface area contributed by atoms with Gasteiger partial charge in [0, 0.05) is 11.3 Å². The van der Waals surface area contributed by atoms with Crippen LogP contribution in [0.2, 0.25) is 0 Å². The third-order valence-electron chi connectivity index (χ3n) is 2.48. The van der Waals surface area contributed by atoms with Crippen LogP contribution >= 0.6 is 0 Å². The number of benzene rings is 1. The zero-order valence-corrected chi connectivity index (χ0v) is 10.2. The molecule has 0 aliphatic rings. The molecule has 1 N–H and O–H groups in total. The second-order valence-corrected chi connectivity index (χ2v) is 3.76. The Morgan fingerprint density at radius 1 is 1.44 bits per heavy atom. The molecule has 0 unspecified atom stereocenters. The van der Waals surface area contributed by atoms with Crippen molar-refractivity contribution in [2.75, 3.05) is 6.61 Å². The average molecular weight is 248 g/mol. The fourth-order valence-corrected chi connectivity index (χ4v) is 1.67. The van der Waals surface area contributed by atoms with E-state index in [0.717, 1.165) is 0 Å². The van der Waals surface area contributed by atoms with Gasteiger partial charge in [0.25, 0.3) is 0 Å². The smallest absolute Gasteiger partial charge is 0.374 e. The van der Waals surface area contributed by atoms with E-state index in [0.29, 0.717) is 17.0 Å². The SMILES string of the molecule is CCOC(=O)c1nc(-c2ccccc2F)c(C)[nH]1. The number of rotatable bonds is 3. The van der Waals surface area contributed by atoms with Crippen molar-refractivity contribution in [2.45, 2.75) is 13.8 Å². The van der Waals surface area contributed by atoms with Crippen molar-refractivity contribution in [1.29, 1.82) is 0 Å². The van der Waals surface area contributed by atoms with Crippen LogP contribution in [-0.2, 0) is 4.74 Å². The van der Waals surface area contributed by atoms with Gasteiger partial charge in [-0.05, 0) is 26.0 Å². The molecular weight excluding hydrogens is 235 g/mol. The zero-order valence-electron chi connectivity index (χ0n) is 10.2. The van der Waals surface area contributed by atoms with Crippen molar-refractivity contribution in [3.8, 4) is 11.3 Å². The van der Waals surface area contributed by atoms with Crippen LogP contribution in [0.1, 0.15) is 23.2 Å². The molecule has 0 fully saturated rings. The molecule has 0 atom stereocenters. The Kier molecular flexibility index (Phi) is 3.41. The van der Waals surface area contributed by atoms with Gasteiger partial charge in [0.15, 0.2) is 0 Å². The fourth-order valence-electron chi connectivity index (χ4n) is 1.67. The molecule has 4 nitrogen and oxygen atoms in total. The first-order chi connectivity index (χ1) is 8.63. The first-order valence-corrected chi connectivity index (χ1v) is 5.62. The number of aromatic amines is 1. The molecule has 1 aromatic carbocycles. The molecule has 0 saturated carbocycles. The minimum Gasteiger partial charge on any atom is -0.460 e. The summed E-state index contributed by atoms with van der Waals surface area (Å²) in [6, 6.07) is 6.30. The number of hydrogen-bond acceptors (Lipinski definition) is 3. The van der Waals surface area contributed by atoms with Gasteiger partial charge in [-0.1, -0.05) is 12.1 Å². The highest BCUT2D eigenvalue weighted by atomic mass is 19.1. The van der Waals surface area contributed by atoms with Gasteiger partial charge in [0.1, 0.15) is 5.82 Å². The molecular formula is C13H13FN2O2. The van der Waals surface area contributed by atoms with E-state index in [1.807, 2.05) is 0 Å². The summed E-state index contributed by atoms with van der Waals surface area (Å²) < 4.78 is 18.5. The van der Waals surface area contributed by atoms with E-state index >= 15 is 0 Å². The highest BCUT2D eigenvalue weighted by Gasteiger charge is 2.17. The summed E-state index contributed by atoms with van der Waals surface area (Å²) in [4.78, 5) is 18.4. The van der Waals surface area contributed by atoms with Gasteiger partial charge in [0.2, 0.25) is 5.82 Å². The van der Waals surface area contributed by atoms with Crippen LogP contribution < -0.4 is 0 Å². The first-order valence-electron chi connectivity index (χ1n) is 5.62. The largest absolute Gasteiger partial charge is 0.460 e. The number of ether oxygens (including phenoxy) is 1. The topological polar surface area (TPSA) is 55.0 Å². The number of carbonyl (C=O) groups is 1. The lowest BCUT2D eigenvalue weighted by Crippen LogP contribution is -2.06. The minimum absolute atomic E-state index is 0.0904. The molecule has 0 amide bonds. The summed E-state index contributed by atoms with van der Waals surface area (Å²) in [5.74, 6) is -0.821. The molecule has 2 rings (SSSR count). The highest BCUT2D eigenvalue weighted by molar-refractivity contribution is 5.86. The molecule has 0 radical (unpaired) electrons. The monoisotopic (exact) mass is 248 g/mol. The van der Waals surface area contributed by atoms with E-state index in [1.165, 1.54) is 6.07 Å². The van der Waals surface area contributed by atoms with Gasteiger partial charge in [-0.15, -0.1) is 0 Å². The summed E-state index contributed by atoms with van der Waals surface area (Å²) in [7, 11) is 0. The van der Waals surface area contributed by atoms with Crippen LogP contribution in [0.15, 0.2) is 24.3 Å². The standard InChI is InChI=1S/C13H13FN2O2/c1-3-18-13(17)12-15-8(2)11(16-12)9-6-4-5-7-10(9)14/h4-7H,3H2,1-2H3,(H,15,16). The van der Waals surface area contributed by atoms with Crippen molar-refractivity contribution < 1.29 is 13.9 Å². The number of nitrogens with zero attached hydrogens (tertiary/aromatic N) is 1. The molecule has 94 valence electrons. The van der Waals surface area contributed by atoms with Gasteiger partial charge >= 0.3 is 5.97 Å². The molecule has 1 aromatic heterocycles. The number of H-pyrrole nitrogens is 1. The molecule has 0 saturated heterocycles. The molecule has 0 aliphatic carbocycles. The van der Waals surface area contributed by atoms with E-state index in [-0.39, 0.29) is 18.2 Å². The van der Waals surface area contributed by atoms with Gasteiger partial charge in [-0.25, -0.2) is 14.2 Å². The lowest BCUT2D eigenvalue weighted by Gasteiger charge is -1.99. The Morgan fingerprint density at radius 2 is 2.17 bits per heavy atom. The van der Waals surface area contributed by atoms with Crippen molar-refractivity contribution in [1.82, 2.24) is 9.97 Å². The number of aromatic nitrogens is 2. The lowest BCUT2D eigenvalue weighted by molar-refractivity contribution is 0.0513. The predicted octanol–water partition coefficient (Wildman–Crippen LogP) is 2.70. The maximum atomic E-state index is 13.6. The lowest BCUT2D eigenvalue weighted by atomic mass is 10.1. The van der Waals surface area contributed by atoms with E-state index in [4.69, 9.17) is 4.74 Å². The summed E-state index contributed by atoms with van der Waals surface area (Å²) in [5, 5.41) is 0.